The Morgan fingerprint density at radius 2 is 1.84 bits per heavy atom. The molecule has 1 aliphatic rings. The van der Waals surface area contributed by atoms with Crippen LogP contribution in [0.5, 0.6) is 5.75 Å². The predicted molar refractivity (Wildman–Crippen MR) is 108 cm³/mol. The van der Waals surface area contributed by atoms with Crippen LogP contribution < -0.4 is 9.64 Å². The van der Waals surface area contributed by atoms with Crippen molar-refractivity contribution in [3.05, 3.63) is 88.9 Å². The van der Waals surface area contributed by atoms with Crippen molar-refractivity contribution < 1.29 is 32.6 Å². The van der Waals surface area contributed by atoms with E-state index in [9.17, 15) is 23.5 Å². The molecule has 0 aliphatic carbocycles. The number of Topliss-reactive ketones (excluding diaryl/α,β-unsaturated/α-hetero) is 1. The Morgan fingerprint density at radius 3 is 2.52 bits per heavy atom. The SMILES string of the molecule is COc1ccccc1/C(O)=C1/C(=O)C(=O)N(c2cc(F)ccc2F)C1c1ccc(C)o1. The van der Waals surface area contributed by atoms with Crippen molar-refractivity contribution in [3.8, 4) is 5.75 Å². The zero-order valence-corrected chi connectivity index (χ0v) is 16.6. The summed E-state index contributed by atoms with van der Waals surface area (Å²) in [5, 5.41) is 11.0. The second-order valence-corrected chi connectivity index (χ2v) is 6.91. The first kappa shape index (κ1) is 20.3. The number of rotatable bonds is 4. The van der Waals surface area contributed by atoms with Crippen LogP contribution in [-0.2, 0) is 9.59 Å². The van der Waals surface area contributed by atoms with Gasteiger partial charge in [0, 0.05) is 6.07 Å². The van der Waals surface area contributed by atoms with Gasteiger partial charge in [-0.2, -0.15) is 0 Å². The minimum Gasteiger partial charge on any atom is -0.507 e. The minimum atomic E-state index is -1.31. The van der Waals surface area contributed by atoms with E-state index in [1.54, 1.807) is 31.2 Å². The molecule has 1 atom stereocenters. The van der Waals surface area contributed by atoms with Gasteiger partial charge in [0.2, 0.25) is 0 Å². The molecular weight excluding hydrogens is 408 g/mol. The van der Waals surface area contributed by atoms with Crippen molar-refractivity contribution >= 4 is 23.1 Å². The largest absolute Gasteiger partial charge is 0.507 e. The number of ether oxygens (including phenoxy) is 1. The van der Waals surface area contributed by atoms with Gasteiger partial charge in [0.1, 0.15) is 40.7 Å². The summed E-state index contributed by atoms with van der Waals surface area (Å²) in [5.74, 6) is -3.57. The molecule has 1 fully saturated rings. The fourth-order valence-corrected chi connectivity index (χ4v) is 3.61. The second kappa shape index (κ2) is 7.71. The van der Waals surface area contributed by atoms with E-state index in [0.29, 0.717) is 5.76 Å². The highest BCUT2D eigenvalue weighted by atomic mass is 19.1. The zero-order valence-electron chi connectivity index (χ0n) is 16.6. The van der Waals surface area contributed by atoms with Gasteiger partial charge in [-0.3, -0.25) is 14.5 Å². The highest BCUT2D eigenvalue weighted by Crippen LogP contribution is 2.44. The number of halogens is 2. The fourth-order valence-electron chi connectivity index (χ4n) is 3.61. The average Bonchev–Trinajstić information content (AvgIpc) is 3.30. The van der Waals surface area contributed by atoms with E-state index >= 15 is 0 Å². The van der Waals surface area contributed by atoms with E-state index in [1.807, 2.05) is 0 Å². The van der Waals surface area contributed by atoms with Crippen molar-refractivity contribution in [1.29, 1.82) is 0 Å². The van der Waals surface area contributed by atoms with Gasteiger partial charge in [0.05, 0.1) is 23.9 Å². The Bertz CT molecular complexity index is 1230. The highest BCUT2D eigenvalue weighted by Gasteiger charge is 2.49. The topological polar surface area (TPSA) is 80.0 Å². The van der Waals surface area contributed by atoms with Crippen molar-refractivity contribution in [2.45, 2.75) is 13.0 Å². The summed E-state index contributed by atoms with van der Waals surface area (Å²) in [6, 6.07) is 10.7. The van der Waals surface area contributed by atoms with Crippen LogP contribution in [0.3, 0.4) is 0 Å². The number of aliphatic hydroxyl groups is 1. The molecule has 1 saturated heterocycles. The monoisotopic (exact) mass is 425 g/mol. The lowest BCUT2D eigenvalue weighted by Crippen LogP contribution is -2.30. The maximum absolute atomic E-state index is 14.6. The second-order valence-electron chi connectivity index (χ2n) is 6.91. The summed E-state index contributed by atoms with van der Waals surface area (Å²) in [6.45, 7) is 1.65. The van der Waals surface area contributed by atoms with Crippen LogP contribution in [0.2, 0.25) is 0 Å². The van der Waals surface area contributed by atoms with Crippen LogP contribution in [0.25, 0.3) is 5.76 Å². The smallest absolute Gasteiger partial charge is 0.300 e. The third kappa shape index (κ3) is 3.35. The number of methoxy groups -OCH3 is 1. The Labute approximate surface area is 176 Å². The molecule has 1 N–H and O–H groups in total. The first-order valence-corrected chi connectivity index (χ1v) is 9.29. The van der Waals surface area contributed by atoms with Gasteiger partial charge in [-0.25, -0.2) is 8.78 Å². The molecule has 0 saturated carbocycles. The number of aryl methyl sites for hydroxylation is 1. The van der Waals surface area contributed by atoms with Crippen LogP contribution in [-0.4, -0.2) is 23.9 Å². The zero-order chi connectivity index (χ0) is 22.3. The van der Waals surface area contributed by atoms with Crippen LogP contribution in [0.4, 0.5) is 14.5 Å². The Balaban J connectivity index is 2.00. The maximum Gasteiger partial charge on any atom is 0.300 e. The number of hydrogen-bond donors (Lipinski definition) is 1. The molecule has 8 heteroatoms. The van der Waals surface area contributed by atoms with Gasteiger partial charge in [0.25, 0.3) is 11.7 Å². The lowest BCUT2D eigenvalue weighted by Gasteiger charge is -2.24. The molecule has 1 aliphatic heterocycles. The van der Waals surface area contributed by atoms with Crippen LogP contribution in [0, 0.1) is 18.6 Å². The molecule has 0 spiro atoms. The normalized spacial score (nSPS) is 17.9. The number of anilines is 1. The average molecular weight is 425 g/mol. The molecule has 1 amide bonds. The number of nitrogens with zero attached hydrogens (tertiary/aromatic N) is 1. The Morgan fingerprint density at radius 1 is 1.10 bits per heavy atom. The summed E-state index contributed by atoms with van der Waals surface area (Å²) < 4.78 is 39.3. The molecule has 0 radical (unpaired) electrons. The van der Waals surface area contributed by atoms with E-state index in [4.69, 9.17) is 9.15 Å². The fraction of sp³-hybridized carbons (Fsp3) is 0.130. The molecule has 6 nitrogen and oxygen atoms in total. The molecule has 1 aromatic heterocycles. The van der Waals surface area contributed by atoms with Crippen molar-refractivity contribution in [2.75, 3.05) is 12.0 Å². The number of furan rings is 1. The quantitative estimate of drug-likeness (QED) is 0.378. The Hall–Kier alpha value is -3.94. The number of ketones is 1. The summed E-state index contributed by atoms with van der Waals surface area (Å²) in [6.07, 6.45) is 0. The first-order valence-electron chi connectivity index (χ1n) is 9.29. The van der Waals surface area contributed by atoms with E-state index in [0.717, 1.165) is 23.1 Å². The van der Waals surface area contributed by atoms with Crippen molar-refractivity contribution in [1.82, 2.24) is 0 Å². The third-order valence-corrected chi connectivity index (χ3v) is 5.00. The van der Waals surface area contributed by atoms with Gasteiger partial charge < -0.3 is 14.3 Å². The standard InChI is InChI=1S/C23H17F2NO5/c1-12-7-10-18(31-12)20-19(21(27)14-5-3-4-6-17(14)30-2)22(28)23(29)26(20)16-11-13(24)8-9-15(16)25/h3-11,20,27H,1-2H3/b21-19-. The first-order chi connectivity index (χ1) is 14.8. The highest BCUT2D eigenvalue weighted by molar-refractivity contribution is 6.51. The Kier molecular flexibility index (Phi) is 5.06. The summed E-state index contributed by atoms with van der Waals surface area (Å²) in [7, 11) is 1.39. The number of para-hydroxylation sites is 1. The molecule has 1 unspecified atom stereocenters. The number of aliphatic hydroxyl groups excluding tert-OH is 1. The van der Waals surface area contributed by atoms with Gasteiger partial charge in [0.15, 0.2) is 0 Å². The van der Waals surface area contributed by atoms with E-state index in [2.05, 4.69) is 0 Å². The van der Waals surface area contributed by atoms with Crippen LogP contribution >= 0.6 is 0 Å². The minimum absolute atomic E-state index is 0.108. The van der Waals surface area contributed by atoms with Gasteiger partial charge in [-0.05, 0) is 43.3 Å². The molecule has 3 aromatic rings. The number of hydrogen-bond acceptors (Lipinski definition) is 5. The molecular formula is C23H17F2NO5. The van der Waals surface area contributed by atoms with Crippen molar-refractivity contribution in [3.63, 3.8) is 0 Å². The third-order valence-electron chi connectivity index (χ3n) is 5.00. The van der Waals surface area contributed by atoms with Crippen molar-refractivity contribution in [2.24, 2.45) is 0 Å². The number of benzene rings is 2. The summed E-state index contributed by atoms with van der Waals surface area (Å²) >= 11 is 0. The van der Waals surface area contributed by atoms with Gasteiger partial charge >= 0.3 is 0 Å². The van der Waals surface area contributed by atoms with E-state index < -0.39 is 40.8 Å². The summed E-state index contributed by atoms with van der Waals surface area (Å²) in [4.78, 5) is 26.7. The molecule has 4 rings (SSSR count). The molecule has 0 bridgehead atoms. The van der Waals surface area contributed by atoms with Crippen LogP contribution in [0.1, 0.15) is 23.1 Å². The molecule has 31 heavy (non-hydrogen) atoms. The number of carbonyl (C=O) groups excluding carboxylic acids is 2. The van der Waals surface area contributed by atoms with E-state index in [1.165, 1.54) is 19.2 Å². The lowest BCUT2D eigenvalue weighted by molar-refractivity contribution is -0.132. The number of amides is 1. The lowest BCUT2D eigenvalue weighted by atomic mass is 9.98. The maximum atomic E-state index is 14.6. The van der Waals surface area contributed by atoms with Crippen LogP contribution in [0.15, 0.2) is 64.6 Å². The molecule has 2 aromatic carbocycles. The summed E-state index contributed by atoms with van der Waals surface area (Å²) in [5.41, 5.74) is -0.608. The molecule has 2 heterocycles. The predicted octanol–water partition coefficient (Wildman–Crippen LogP) is 4.50. The molecule has 158 valence electrons. The van der Waals surface area contributed by atoms with Gasteiger partial charge in [-0.1, -0.05) is 12.1 Å². The van der Waals surface area contributed by atoms with Gasteiger partial charge in [-0.15, -0.1) is 0 Å². The van der Waals surface area contributed by atoms with E-state index in [-0.39, 0.29) is 22.6 Å². The number of carbonyl (C=O) groups is 2.